The van der Waals surface area contributed by atoms with Gasteiger partial charge in [0.1, 0.15) is 5.58 Å². The van der Waals surface area contributed by atoms with Gasteiger partial charge < -0.3 is 9.15 Å². The molecule has 0 amide bonds. The average Bonchev–Trinajstić information content (AvgIpc) is 3.07. The van der Waals surface area contributed by atoms with Crippen LogP contribution in [0.25, 0.3) is 21.9 Å². The number of nitro benzene ring substituents is 1. The molecule has 8 heteroatoms. The largest absolute Gasteiger partial charge is 0.452 e. The molecule has 4 aromatic rings. The van der Waals surface area contributed by atoms with Crippen LogP contribution in [0.1, 0.15) is 11.1 Å². The van der Waals surface area contributed by atoms with Crippen molar-refractivity contribution in [3.63, 3.8) is 0 Å². The van der Waals surface area contributed by atoms with Gasteiger partial charge in [-0.1, -0.05) is 17.7 Å². The molecular formula is C21H14F2N2O4. The fourth-order valence-electron chi connectivity index (χ4n) is 3.06. The molecule has 0 aliphatic heterocycles. The summed E-state index contributed by atoms with van der Waals surface area (Å²) in [6, 6.07) is 14.5. The van der Waals surface area contributed by atoms with E-state index in [1.54, 1.807) is 12.3 Å². The number of alkyl halides is 2. The Bertz CT molecular complexity index is 1250. The van der Waals surface area contributed by atoms with E-state index < -0.39 is 11.5 Å². The Labute approximate surface area is 163 Å². The Hall–Kier alpha value is -3.81. The molecule has 6 nitrogen and oxygen atoms in total. The quantitative estimate of drug-likeness (QED) is 0.230. The highest BCUT2D eigenvalue weighted by Gasteiger charge is 2.19. The minimum atomic E-state index is -3.03. The summed E-state index contributed by atoms with van der Waals surface area (Å²) in [5, 5.41) is 12.0. The molecule has 4 rings (SSSR count). The molecule has 1 aromatic heterocycles. The van der Waals surface area contributed by atoms with Crippen molar-refractivity contribution in [2.24, 2.45) is 4.99 Å². The number of aliphatic imine (C=N–C) groups is 1. The van der Waals surface area contributed by atoms with E-state index in [-0.39, 0.29) is 17.0 Å². The van der Waals surface area contributed by atoms with Crippen LogP contribution in [0, 0.1) is 17.0 Å². The monoisotopic (exact) mass is 396 g/mol. The van der Waals surface area contributed by atoms with E-state index in [0.717, 1.165) is 5.56 Å². The highest BCUT2D eigenvalue weighted by Crippen LogP contribution is 2.38. The van der Waals surface area contributed by atoms with Crippen LogP contribution in [-0.2, 0) is 0 Å². The molecule has 0 N–H and O–H groups in total. The normalized spacial score (nSPS) is 11.7. The van der Waals surface area contributed by atoms with E-state index in [1.165, 1.54) is 24.3 Å². The first-order valence-electron chi connectivity index (χ1n) is 8.61. The van der Waals surface area contributed by atoms with E-state index in [4.69, 9.17) is 4.42 Å². The van der Waals surface area contributed by atoms with Crippen molar-refractivity contribution in [3.8, 4) is 5.75 Å². The number of nitrogens with zero attached hydrogens (tertiary/aromatic N) is 2. The summed E-state index contributed by atoms with van der Waals surface area (Å²) in [7, 11) is 0. The fraction of sp³-hybridized carbons (Fsp3) is 0.0952. The lowest BCUT2D eigenvalue weighted by Crippen LogP contribution is -2.02. The molecule has 146 valence electrons. The predicted octanol–water partition coefficient (Wildman–Crippen LogP) is 6.15. The van der Waals surface area contributed by atoms with Crippen molar-refractivity contribution < 1.29 is 22.9 Å². The topological polar surface area (TPSA) is 77.9 Å². The summed E-state index contributed by atoms with van der Waals surface area (Å²) in [6.07, 6.45) is 1.56. The lowest BCUT2D eigenvalue weighted by molar-refractivity contribution is -0.384. The number of hydrogen-bond donors (Lipinski definition) is 0. The molecule has 0 fully saturated rings. The molecule has 0 radical (unpaired) electrons. The maximum Gasteiger partial charge on any atom is 0.387 e. The number of halogens is 2. The van der Waals surface area contributed by atoms with Crippen molar-refractivity contribution in [2.45, 2.75) is 13.5 Å². The van der Waals surface area contributed by atoms with Crippen molar-refractivity contribution in [1.82, 2.24) is 0 Å². The number of aryl methyl sites for hydroxylation is 1. The Morgan fingerprint density at radius 1 is 1.14 bits per heavy atom. The van der Waals surface area contributed by atoms with E-state index >= 15 is 0 Å². The van der Waals surface area contributed by atoms with E-state index in [9.17, 15) is 18.9 Å². The Morgan fingerprint density at radius 2 is 1.90 bits per heavy atom. The van der Waals surface area contributed by atoms with Crippen molar-refractivity contribution in [1.29, 1.82) is 0 Å². The molecule has 0 bridgehead atoms. The average molecular weight is 396 g/mol. The van der Waals surface area contributed by atoms with Gasteiger partial charge in [0.05, 0.1) is 10.6 Å². The van der Waals surface area contributed by atoms with Crippen LogP contribution in [0.5, 0.6) is 5.75 Å². The number of ether oxygens (including phenoxy) is 1. The molecule has 0 saturated carbocycles. The summed E-state index contributed by atoms with van der Waals surface area (Å²) in [5.41, 5.74) is 2.61. The lowest BCUT2D eigenvalue weighted by Gasteiger charge is -2.06. The highest BCUT2D eigenvalue weighted by molar-refractivity contribution is 6.15. The smallest absolute Gasteiger partial charge is 0.387 e. The van der Waals surface area contributed by atoms with Gasteiger partial charge in [0.15, 0.2) is 11.3 Å². The fourth-order valence-corrected chi connectivity index (χ4v) is 3.06. The standard InChI is InChI=1S/C21H14F2N2O4/c1-12-2-5-14(6-3-12)24-11-13-4-8-18(29-21(22)23)20-19(13)16-10-15(25(26)27)7-9-17(16)28-20/h2-11,21H,1H3. The van der Waals surface area contributed by atoms with Gasteiger partial charge in [0.2, 0.25) is 0 Å². The first-order chi connectivity index (χ1) is 13.9. The number of benzene rings is 3. The van der Waals surface area contributed by atoms with Gasteiger partial charge in [-0.05, 0) is 37.3 Å². The summed E-state index contributed by atoms with van der Waals surface area (Å²) in [4.78, 5) is 15.0. The summed E-state index contributed by atoms with van der Waals surface area (Å²) >= 11 is 0. The second-order valence-electron chi connectivity index (χ2n) is 6.37. The van der Waals surface area contributed by atoms with Crippen molar-refractivity contribution in [2.75, 3.05) is 0 Å². The third-order valence-corrected chi connectivity index (χ3v) is 4.41. The third-order valence-electron chi connectivity index (χ3n) is 4.41. The van der Waals surface area contributed by atoms with Crippen molar-refractivity contribution in [3.05, 3.63) is 75.8 Å². The van der Waals surface area contributed by atoms with Gasteiger partial charge in [-0.3, -0.25) is 15.1 Å². The van der Waals surface area contributed by atoms with Gasteiger partial charge in [0.25, 0.3) is 5.69 Å². The van der Waals surface area contributed by atoms with Crippen LogP contribution >= 0.6 is 0 Å². The van der Waals surface area contributed by atoms with Crippen LogP contribution in [0.4, 0.5) is 20.2 Å². The molecule has 0 aliphatic rings. The van der Waals surface area contributed by atoms with Gasteiger partial charge in [-0.25, -0.2) is 0 Å². The van der Waals surface area contributed by atoms with E-state index in [0.29, 0.717) is 27.6 Å². The van der Waals surface area contributed by atoms with Crippen LogP contribution in [0.2, 0.25) is 0 Å². The Balaban J connectivity index is 1.93. The second-order valence-corrected chi connectivity index (χ2v) is 6.37. The van der Waals surface area contributed by atoms with E-state index in [2.05, 4.69) is 9.73 Å². The van der Waals surface area contributed by atoms with Gasteiger partial charge in [-0.15, -0.1) is 0 Å². The first-order valence-corrected chi connectivity index (χ1v) is 8.61. The third kappa shape index (κ3) is 3.64. The van der Waals surface area contributed by atoms with Crippen LogP contribution in [0.3, 0.4) is 0 Å². The van der Waals surface area contributed by atoms with E-state index in [1.807, 2.05) is 31.2 Å². The van der Waals surface area contributed by atoms with Gasteiger partial charge >= 0.3 is 6.61 Å². The van der Waals surface area contributed by atoms with Crippen molar-refractivity contribution >= 4 is 39.5 Å². The molecule has 0 aliphatic carbocycles. The van der Waals surface area contributed by atoms with Crippen LogP contribution < -0.4 is 4.74 Å². The summed E-state index contributed by atoms with van der Waals surface area (Å²) < 4.78 is 35.8. The van der Waals surface area contributed by atoms with Crippen LogP contribution in [-0.4, -0.2) is 17.7 Å². The number of rotatable bonds is 5. The zero-order valence-electron chi connectivity index (χ0n) is 15.1. The lowest BCUT2D eigenvalue weighted by atomic mass is 10.1. The second kappa shape index (κ2) is 7.31. The van der Waals surface area contributed by atoms with Crippen LogP contribution in [0.15, 0.2) is 64.0 Å². The minimum Gasteiger partial charge on any atom is -0.452 e. The number of fused-ring (bicyclic) bond motifs is 3. The number of non-ortho nitro benzene ring substituents is 1. The molecule has 0 atom stereocenters. The summed E-state index contributed by atoms with van der Waals surface area (Å²) in [6.45, 7) is -1.07. The number of furan rings is 1. The Morgan fingerprint density at radius 3 is 2.59 bits per heavy atom. The molecule has 0 spiro atoms. The SMILES string of the molecule is Cc1ccc(N=Cc2ccc(OC(F)F)c3oc4ccc([N+](=O)[O-])cc4c23)cc1. The Kier molecular flexibility index (Phi) is 4.67. The molecule has 0 saturated heterocycles. The van der Waals surface area contributed by atoms with Gasteiger partial charge in [-0.2, -0.15) is 8.78 Å². The highest BCUT2D eigenvalue weighted by atomic mass is 19.3. The summed E-state index contributed by atoms with van der Waals surface area (Å²) in [5.74, 6) is -0.152. The maximum absolute atomic E-state index is 12.8. The molecule has 1 heterocycles. The number of nitro groups is 1. The molecule has 0 unspecified atom stereocenters. The molecule has 29 heavy (non-hydrogen) atoms. The maximum atomic E-state index is 12.8. The first kappa shape index (κ1) is 18.5. The molecule has 3 aromatic carbocycles. The predicted molar refractivity (Wildman–Crippen MR) is 105 cm³/mol. The number of hydrogen-bond acceptors (Lipinski definition) is 5. The van der Waals surface area contributed by atoms with Gasteiger partial charge in [0, 0.05) is 34.7 Å². The zero-order valence-corrected chi connectivity index (χ0v) is 15.1. The molecular weight excluding hydrogens is 382 g/mol. The minimum absolute atomic E-state index is 0.0775. The zero-order chi connectivity index (χ0) is 20.5.